The first-order chi connectivity index (χ1) is 8.58. The summed E-state index contributed by atoms with van der Waals surface area (Å²) in [5.74, 6) is 0.262. The number of nitrogens with zero attached hydrogens (tertiary/aromatic N) is 2. The minimum atomic E-state index is -0.661. The third kappa shape index (κ3) is 1.75. The second-order valence-corrected chi connectivity index (χ2v) is 3.47. The molecule has 2 rings (SSSR count). The molecule has 0 saturated carbocycles. The smallest absolute Gasteiger partial charge is 0.321 e. The highest BCUT2D eigenvalue weighted by Crippen LogP contribution is 2.38. The lowest BCUT2D eigenvalue weighted by molar-refractivity contribution is -0.384. The molecule has 7 nitrogen and oxygen atoms in total. The van der Waals surface area contributed by atoms with E-state index in [1.54, 1.807) is 0 Å². The number of methoxy groups -OCH3 is 2. The number of rotatable bonds is 3. The maximum absolute atomic E-state index is 10.9. The van der Waals surface area contributed by atoms with Crippen LogP contribution in [0.3, 0.4) is 0 Å². The Balaban J connectivity index is 2.84. The van der Waals surface area contributed by atoms with Gasteiger partial charge in [-0.05, 0) is 0 Å². The molecule has 2 aromatic rings. The van der Waals surface area contributed by atoms with E-state index >= 15 is 0 Å². The summed E-state index contributed by atoms with van der Waals surface area (Å²) in [6, 6.07) is 2.93. The van der Waals surface area contributed by atoms with Gasteiger partial charge in [0.15, 0.2) is 11.5 Å². The molecular formula is C11H10N2O5. The van der Waals surface area contributed by atoms with E-state index in [1.807, 2.05) is 0 Å². The van der Waals surface area contributed by atoms with Gasteiger partial charge in [0.1, 0.15) is 0 Å². The van der Waals surface area contributed by atoms with Crippen molar-refractivity contribution >= 4 is 16.6 Å². The number of hydrogen-bond acceptors (Lipinski definition) is 6. The van der Waals surface area contributed by atoms with Gasteiger partial charge in [0.2, 0.25) is 5.75 Å². The monoisotopic (exact) mass is 250 g/mol. The molecule has 1 aromatic heterocycles. The lowest BCUT2D eigenvalue weighted by atomic mass is 10.1. The van der Waals surface area contributed by atoms with E-state index in [2.05, 4.69) is 4.98 Å². The van der Waals surface area contributed by atoms with Crippen LogP contribution in [0.4, 0.5) is 5.69 Å². The van der Waals surface area contributed by atoms with Gasteiger partial charge in [-0.3, -0.25) is 15.1 Å². The molecule has 0 unspecified atom stereocenters. The molecule has 0 amide bonds. The van der Waals surface area contributed by atoms with Crippen molar-refractivity contribution < 1.29 is 19.5 Å². The molecule has 7 heteroatoms. The van der Waals surface area contributed by atoms with Gasteiger partial charge in [-0.1, -0.05) is 0 Å². The molecule has 0 aliphatic rings. The highest BCUT2D eigenvalue weighted by Gasteiger charge is 2.21. The Bertz CT molecular complexity index is 626. The van der Waals surface area contributed by atoms with Crippen molar-refractivity contribution in [3.05, 3.63) is 28.4 Å². The van der Waals surface area contributed by atoms with Crippen LogP contribution in [0.15, 0.2) is 18.3 Å². The fourth-order valence-electron chi connectivity index (χ4n) is 1.69. The van der Waals surface area contributed by atoms with E-state index in [0.717, 1.165) is 6.20 Å². The highest BCUT2D eigenvalue weighted by atomic mass is 16.6. The number of aromatic nitrogens is 1. The van der Waals surface area contributed by atoms with E-state index in [9.17, 15) is 15.2 Å². The Morgan fingerprint density at radius 2 is 1.89 bits per heavy atom. The number of benzene rings is 1. The molecule has 18 heavy (non-hydrogen) atoms. The van der Waals surface area contributed by atoms with Crippen LogP contribution in [0.5, 0.6) is 17.2 Å². The van der Waals surface area contributed by atoms with Crippen LogP contribution >= 0.6 is 0 Å². The fraction of sp³-hybridized carbons (Fsp3) is 0.182. The van der Waals surface area contributed by atoms with Gasteiger partial charge < -0.3 is 14.6 Å². The van der Waals surface area contributed by atoms with Crippen molar-refractivity contribution in [2.24, 2.45) is 0 Å². The lowest BCUT2D eigenvalue weighted by Crippen LogP contribution is -1.95. The molecule has 0 aliphatic carbocycles. The van der Waals surface area contributed by atoms with Gasteiger partial charge in [-0.25, -0.2) is 0 Å². The normalized spacial score (nSPS) is 10.3. The van der Waals surface area contributed by atoms with Crippen LogP contribution in [0.1, 0.15) is 0 Å². The van der Waals surface area contributed by atoms with E-state index < -0.39 is 16.4 Å². The average Bonchev–Trinajstić information content (AvgIpc) is 2.36. The molecule has 0 atom stereocenters. The Hall–Kier alpha value is -2.57. The largest absolute Gasteiger partial charge is 0.501 e. The van der Waals surface area contributed by atoms with E-state index in [1.165, 1.54) is 26.4 Å². The average molecular weight is 250 g/mol. The van der Waals surface area contributed by atoms with Crippen molar-refractivity contribution in [2.75, 3.05) is 14.2 Å². The fourth-order valence-corrected chi connectivity index (χ4v) is 1.69. The molecule has 0 fully saturated rings. The summed E-state index contributed by atoms with van der Waals surface area (Å²) in [7, 11) is 2.88. The Morgan fingerprint density at radius 3 is 2.44 bits per heavy atom. The molecule has 1 aromatic carbocycles. The maximum atomic E-state index is 10.9. The zero-order chi connectivity index (χ0) is 13.3. The van der Waals surface area contributed by atoms with E-state index in [0.29, 0.717) is 17.0 Å². The van der Waals surface area contributed by atoms with Crippen molar-refractivity contribution in [3.8, 4) is 17.2 Å². The number of pyridine rings is 1. The molecular weight excluding hydrogens is 240 g/mol. The summed E-state index contributed by atoms with van der Waals surface area (Å²) < 4.78 is 10.1. The van der Waals surface area contributed by atoms with Crippen molar-refractivity contribution in [3.63, 3.8) is 0 Å². The van der Waals surface area contributed by atoms with Crippen molar-refractivity contribution in [1.82, 2.24) is 4.98 Å². The number of nitro groups is 1. The summed E-state index contributed by atoms with van der Waals surface area (Å²) in [6.07, 6.45) is 1.03. The first-order valence-corrected chi connectivity index (χ1v) is 4.96. The SMILES string of the molecule is COc1cc2ncc(O)c([N+](=O)[O-])c2cc1OC. The number of fused-ring (bicyclic) bond motifs is 1. The van der Waals surface area contributed by atoms with Gasteiger partial charge in [0.25, 0.3) is 0 Å². The summed E-state index contributed by atoms with van der Waals surface area (Å²) in [5.41, 5.74) is -0.0573. The topological polar surface area (TPSA) is 94.7 Å². The highest BCUT2D eigenvalue weighted by molar-refractivity contribution is 5.92. The molecule has 0 bridgehead atoms. The summed E-state index contributed by atoms with van der Waals surface area (Å²) in [5, 5.41) is 20.6. The minimum absolute atomic E-state index is 0.192. The summed E-state index contributed by atoms with van der Waals surface area (Å²) >= 11 is 0. The van der Waals surface area contributed by atoms with Crippen LogP contribution in [0.25, 0.3) is 10.9 Å². The summed E-state index contributed by atoms with van der Waals surface area (Å²) in [6.45, 7) is 0. The van der Waals surface area contributed by atoms with Gasteiger partial charge in [-0.2, -0.15) is 0 Å². The number of hydrogen-bond donors (Lipinski definition) is 1. The molecule has 94 valence electrons. The first-order valence-electron chi connectivity index (χ1n) is 4.96. The molecule has 0 radical (unpaired) electrons. The second-order valence-electron chi connectivity index (χ2n) is 3.47. The quantitative estimate of drug-likeness (QED) is 0.660. The second kappa shape index (κ2) is 4.36. The maximum Gasteiger partial charge on any atom is 0.321 e. The lowest BCUT2D eigenvalue weighted by Gasteiger charge is -2.09. The zero-order valence-corrected chi connectivity index (χ0v) is 9.71. The van der Waals surface area contributed by atoms with Crippen LogP contribution < -0.4 is 9.47 Å². The van der Waals surface area contributed by atoms with Gasteiger partial charge in [-0.15, -0.1) is 0 Å². The van der Waals surface area contributed by atoms with Crippen molar-refractivity contribution in [1.29, 1.82) is 0 Å². The molecule has 1 N–H and O–H groups in total. The van der Waals surface area contributed by atoms with Gasteiger partial charge in [0.05, 0.1) is 36.2 Å². The standard InChI is InChI=1S/C11H10N2O5/c1-17-9-3-6-7(4-10(9)18-2)12-5-8(14)11(6)13(15)16/h3-5,14H,1-2H3. The van der Waals surface area contributed by atoms with Crippen LogP contribution in [-0.4, -0.2) is 29.2 Å². The van der Waals surface area contributed by atoms with Gasteiger partial charge >= 0.3 is 5.69 Å². The number of ether oxygens (including phenoxy) is 2. The van der Waals surface area contributed by atoms with Crippen molar-refractivity contribution in [2.45, 2.75) is 0 Å². The molecule has 0 spiro atoms. The summed E-state index contributed by atoms with van der Waals surface area (Å²) in [4.78, 5) is 14.2. The van der Waals surface area contributed by atoms with Crippen LogP contribution in [0, 0.1) is 10.1 Å². The van der Waals surface area contributed by atoms with E-state index in [-0.39, 0.29) is 5.39 Å². The zero-order valence-electron chi connectivity index (χ0n) is 9.71. The third-order valence-corrected chi connectivity index (χ3v) is 2.51. The third-order valence-electron chi connectivity index (χ3n) is 2.51. The minimum Gasteiger partial charge on any atom is -0.501 e. The Morgan fingerprint density at radius 1 is 1.28 bits per heavy atom. The predicted octanol–water partition coefficient (Wildman–Crippen LogP) is 1.87. The molecule has 0 saturated heterocycles. The van der Waals surface area contributed by atoms with Crippen LogP contribution in [-0.2, 0) is 0 Å². The molecule has 1 heterocycles. The Labute approximate surface area is 102 Å². The molecule has 0 aliphatic heterocycles. The van der Waals surface area contributed by atoms with E-state index in [4.69, 9.17) is 9.47 Å². The predicted molar refractivity (Wildman–Crippen MR) is 63.2 cm³/mol. The first kappa shape index (κ1) is 11.9. The van der Waals surface area contributed by atoms with Crippen LogP contribution in [0.2, 0.25) is 0 Å². The number of aromatic hydroxyl groups is 1. The Kier molecular flexibility index (Phi) is 2.88. The van der Waals surface area contributed by atoms with Gasteiger partial charge in [0, 0.05) is 12.1 Å².